The van der Waals surface area contributed by atoms with E-state index in [1.807, 2.05) is 6.08 Å². The van der Waals surface area contributed by atoms with E-state index in [2.05, 4.69) is 15.4 Å². The predicted octanol–water partition coefficient (Wildman–Crippen LogP) is 2.53. The topological polar surface area (TPSA) is 97.1 Å². The molecule has 2 N–H and O–H groups in total. The zero-order chi connectivity index (χ0) is 17.1. The molecule has 2 aromatic rings. The third-order valence-electron chi connectivity index (χ3n) is 3.97. The fourth-order valence-corrected chi connectivity index (χ4v) is 2.92. The maximum atomic E-state index is 12.6. The van der Waals surface area contributed by atoms with E-state index in [1.165, 1.54) is 17.3 Å². The van der Waals surface area contributed by atoms with E-state index in [0.29, 0.717) is 29.2 Å². The smallest absolute Gasteiger partial charge is 0.307 e. The van der Waals surface area contributed by atoms with Crippen molar-refractivity contribution in [3.63, 3.8) is 0 Å². The van der Waals surface area contributed by atoms with Gasteiger partial charge in [0.25, 0.3) is 0 Å². The van der Waals surface area contributed by atoms with Crippen LogP contribution in [0.15, 0.2) is 43.0 Å². The van der Waals surface area contributed by atoms with Gasteiger partial charge in [0.05, 0.1) is 23.2 Å². The highest BCUT2D eigenvalue weighted by atomic mass is 35.5. The minimum absolute atomic E-state index is 0.346. The molecular formula is C16H15ClN4O3. The SMILES string of the molecule is O=C(Nc1cc(Cl)ccc1-n1cncn1)[C@H]1CC=CC[C@H]1C(=O)O. The first-order chi connectivity index (χ1) is 11.6. The van der Waals surface area contributed by atoms with Gasteiger partial charge < -0.3 is 10.4 Å². The van der Waals surface area contributed by atoms with Crippen LogP contribution < -0.4 is 5.32 Å². The van der Waals surface area contributed by atoms with Crippen molar-refractivity contribution < 1.29 is 14.7 Å². The molecule has 0 bridgehead atoms. The Morgan fingerprint density at radius 2 is 2.00 bits per heavy atom. The Hall–Kier alpha value is -2.67. The Morgan fingerprint density at radius 1 is 1.25 bits per heavy atom. The molecule has 24 heavy (non-hydrogen) atoms. The van der Waals surface area contributed by atoms with Crippen LogP contribution in [0.1, 0.15) is 12.8 Å². The number of halogens is 1. The lowest BCUT2D eigenvalue weighted by Gasteiger charge is -2.24. The molecule has 0 saturated heterocycles. The van der Waals surface area contributed by atoms with Crippen molar-refractivity contribution in [3.05, 3.63) is 48.0 Å². The van der Waals surface area contributed by atoms with Gasteiger partial charge in [0.1, 0.15) is 12.7 Å². The van der Waals surface area contributed by atoms with Gasteiger partial charge in [-0.25, -0.2) is 9.67 Å². The number of aliphatic carboxylic acids is 1. The molecular weight excluding hydrogens is 332 g/mol. The summed E-state index contributed by atoms with van der Waals surface area (Å²) in [6, 6.07) is 4.99. The Bertz CT molecular complexity index is 789. The third kappa shape index (κ3) is 3.30. The number of benzene rings is 1. The van der Waals surface area contributed by atoms with E-state index in [0.717, 1.165) is 0 Å². The second-order valence-corrected chi connectivity index (χ2v) is 5.92. The average Bonchev–Trinajstić information content (AvgIpc) is 3.09. The fourth-order valence-electron chi connectivity index (χ4n) is 2.74. The van der Waals surface area contributed by atoms with Crippen molar-refractivity contribution in [1.29, 1.82) is 0 Å². The van der Waals surface area contributed by atoms with Crippen molar-refractivity contribution in [2.75, 3.05) is 5.32 Å². The summed E-state index contributed by atoms with van der Waals surface area (Å²) in [6.07, 6.45) is 7.25. The number of hydrogen-bond donors (Lipinski definition) is 2. The van der Waals surface area contributed by atoms with Crippen molar-refractivity contribution in [3.8, 4) is 5.69 Å². The van der Waals surface area contributed by atoms with Gasteiger partial charge in [0.2, 0.25) is 5.91 Å². The van der Waals surface area contributed by atoms with E-state index in [4.69, 9.17) is 11.6 Å². The van der Waals surface area contributed by atoms with Crippen LogP contribution in [0.25, 0.3) is 5.69 Å². The van der Waals surface area contributed by atoms with Crippen molar-refractivity contribution in [2.45, 2.75) is 12.8 Å². The van der Waals surface area contributed by atoms with E-state index in [-0.39, 0.29) is 5.91 Å². The summed E-state index contributed by atoms with van der Waals surface area (Å²) in [5.41, 5.74) is 1.06. The number of nitrogens with one attached hydrogen (secondary N) is 1. The van der Waals surface area contributed by atoms with Gasteiger partial charge in [-0.05, 0) is 31.0 Å². The van der Waals surface area contributed by atoms with Gasteiger partial charge in [-0.1, -0.05) is 23.8 Å². The number of amides is 1. The summed E-state index contributed by atoms with van der Waals surface area (Å²) >= 11 is 6.02. The number of rotatable bonds is 4. The van der Waals surface area contributed by atoms with Gasteiger partial charge in [0, 0.05) is 5.02 Å². The van der Waals surface area contributed by atoms with Crippen LogP contribution in [0.3, 0.4) is 0 Å². The highest BCUT2D eigenvalue weighted by Crippen LogP contribution is 2.29. The normalized spacial score (nSPS) is 19.9. The molecule has 7 nitrogen and oxygen atoms in total. The molecule has 1 aliphatic rings. The highest BCUT2D eigenvalue weighted by molar-refractivity contribution is 6.31. The van der Waals surface area contributed by atoms with E-state index < -0.39 is 17.8 Å². The van der Waals surface area contributed by atoms with Crippen molar-refractivity contribution in [1.82, 2.24) is 14.8 Å². The Balaban J connectivity index is 1.88. The van der Waals surface area contributed by atoms with Crippen LogP contribution in [-0.4, -0.2) is 31.7 Å². The average molecular weight is 347 g/mol. The van der Waals surface area contributed by atoms with E-state index >= 15 is 0 Å². The summed E-state index contributed by atoms with van der Waals surface area (Å²) in [5, 5.41) is 16.6. The molecule has 1 aliphatic carbocycles. The maximum Gasteiger partial charge on any atom is 0.307 e. The summed E-state index contributed by atoms with van der Waals surface area (Å²) in [4.78, 5) is 27.9. The van der Waals surface area contributed by atoms with E-state index in [9.17, 15) is 14.7 Å². The standard InChI is InChI=1S/C16H15ClN4O3/c17-10-5-6-14(21-9-18-8-19-21)13(7-10)20-15(22)11-3-1-2-4-12(11)16(23)24/h1-2,5-9,11-12H,3-4H2,(H,20,22)(H,23,24)/t11-,12+/m0/s1. The zero-order valence-corrected chi connectivity index (χ0v) is 13.3. The Kier molecular flexibility index (Phi) is 4.61. The quantitative estimate of drug-likeness (QED) is 0.829. The fraction of sp³-hybridized carbons (Fsp3) is 0.250. The van der Waals surface area contributed by atoms with Crippen LogP contribution in [0.5, 0.6) is 0 Å². The van der Waals surface area contributed by atoms with Crippen molar-refractivity contribution >= 4 is 29.2 Å². The summed E-state index contributed by atoms with van der Waals surface area (Å²) in [5.74, 6) is -2.68. The molecule has 124 valence electrons. The predicted molar refractivity (Wildman–Crippen MR) is 88.0 cm³/mol. The van der Waals surface area contributed by atoms with Gasteiger partial charge in [0.15, 0.2) is 0 Å². The molecule has 1 heterocycles. The highest BCUT2D eigenvalue weighted by Gasteiger charge is 2.34. The van der Waals surface area contributed by atoms with Crippen LogP contribution in [0, 0.1) is 11.8 Å². The second-order valence-electron chi connectivity index (χ2n) is 5.48. The number of carbonyl (C=O) groups excluding carboxylic acids is 1. The summed E-state index contributed by atoms with van der Waals surface area (Å²) in [6.45, 7) is 0. The number of carboxylic acid groups (broad SMARTS) is 1. The monoisotopic (exact) mass is 346 g/mol. The number of allylic oxidation sites excluding steroid dienone is 2. The summed E-state index contributed by atoms with van der Waals surface area (Å²) in [7, 11) is 0. The van der Waals surface area contributed by atoms with Crippen LogP contribution >= 0.6 is 11.6 Å². The molecule has 1 amide bonds. The molecule has 0 aliphatic heterocycles. The lowest BCUT2D eigenvalue weighted by molar-refractivity contribution is -0.146. The second kappa shape index (κ2) is 6.84. The first-order valence-electron chi connectivity index (χ1n) is 7.39. The van der Waals surface area contributed by atoms with Crippen molar-refractivity contribution in [2.24, 2.45) is 11.8 Å². The number of aromatic nitrogens is 3. The molecule has 8 heteroatoms. The lowest BCUT2D eigenvalue weighted by atomic mass is 9.82. The van der Waals surface area contributed by atoms with Gasteiger partial charge in [-0.3, -0.25) is 9.59 Å². The number of carboxylic acids is 1. The molecule has 0 saturated carbocycles. The van der Waals surface area contributed by atoms with Gasteiger partial charge in [-0.15, -0.1) is 0 Å². The largest absolute Gasteiger partial charge is 0.481 e. The minimum atomic E-state index is -0.970. The van der Waals surface area contributed by atoms with Crippen LogP contribution in [0.4, 0.5) is 5.69 Å². The first-order valence-corrected chi connectivity index (χ1v) is 7.77. The summed E-state index contributed by atoms with van der Waals surface area (Å²) < 4.78 is 1.50. The molecule has 3 rings (SSSR count). The molecule has 0 radical (unpaired) electrons. The third-order valence-corrected chi connectivity index (χ3v) is 4.20. The number of nitrogens with zero attached hydrogens (tertiary/aromatic N) is 3. The molecule has 2 atom stereocenters. The minimum Gasteiger partial charge on any atom is -0.481 e. The number of hydrogen-bond acceptors (Lipinski definition) is 4. The van der Waals surface area contributed by atoms with Crippen LogP contribution in [-0.2, 0) is 9.59 Å². The number of anilines is 1. The molecule has 0 spiro atoms. The van der Waals surface area contributed by atoms with Gasteiger partial charge in [-0.2, -0.15) is 5.10 Å². The molecule has 0 fully saturated rings. The molecule has 1 aromatic heterocycles. The van der Waals surface area contributed by atoms with Gasteiger partial charge >= 0.3 is 5.97 Å². The zero-order valence-electron chi connectivity index (χ0n) is 12.6. The number of carbonyl (C=O) groups is 2. The molecule has 0 unspecified atom stereocenters. The Labute approximate surface area is 143 Å². The maximum absolute atomic E-state index is 12.6. The molecule has 1 aromatic carbocycles. The lowest BCUT2D eigenvalue weighted by Crippen LogP contribution is -2.35. The van der Waals surface area contributed by atoms with Crippen LogP contribution in [0.2, 0.25) is 5.02 Å². The van der Waals surface area contributed by atoms with E-state index in [1.54, 1.807) is 24.3 Å². The first kappa shape index (κ1) is 16.2. The Morgan fingerprint density at radius 3 is 2.67 bits per heavy atom.